The van der Waals surface area contributed by atoms with Gasteiger partial charge in [-0.3, -0.25) is 4.90 Å². The zero-order chi connectivity index (χ0) is 10.9. The highest BCUT2D eigenvalue weighted by Crippen LogP contribution is 2.25. The fraction of sp³-hybridized carbons (Fsp3) is 0.714. The molecule has 1 amide bonds. The Hall–Kier alpha value is -1.40. The minimum absolute atomic E-state index is 0.477. The minimum atomic E-state index is -3.10. The molecule has 0 aliphatic carbocycles. The number of ether oxygens (including phenoxy) is 1. The summed E-state index contributed by atoms with van der Waals surface area (Å²) in [6.07, 6.45) is -2.29. The summed E-state index contributed by atoms with van der Waals surface area (Å²) < 4.78 is 29.5. The molecule has 1 N–H and O–H groups in total. The van der Waals surface area contributed by atoms with Crippen LogP contribution >= 0.6 is 0 Å². The van der Waals surface area contributed by atoms with Gasteiger partial charge in [0.05, 0.1) is 0 Å². The maximum absolute atomic E-state index is 12.6. The molecule has 0 unspecified atom stereocenters. The van der Waals surface area contributed by atoms with Crippen molar-refractivity contribution in [2.24, 2.45) is 0 Å². The monoisotopic (exact) mass is 209 g/mol. The molecule has 5 nitrogen and oxygen atoms in total. The van der Waals surface area contributed by atoms with E-state index in [1.807, 2.05) is 0 Å². The van der Waals surface area contributed by atoms with E-state index in [2.05, 4.69) is 4.74 Å². The first kappa shape index (κ1) is 10.7. The van der Waals surface area contributed by atoms with E-state index in [4.69, 9.17) is 5.11 Å². The van der Waals surface area contributed by atoms with Gasteiger partial charge in [-0.2, -0.15) is 0 Å². The summed E-state index contributed by atoms with van der Waals surface area (Å²) in [5.74, 6) is -4.02. The van der Waals surface area contributed by atoms with Gasteiger partial charge < -0.3 is 9.84 Å². The van der Waals surface area contributed by atoms with E-state index < -0.39 is 37.2 Å². The Morgan fingerprint density at radius 1 is 1.79 bits per heavy atom. The van der Waals surface area contributed by atoms with Crippen LogP contribution in [0.4, 0.5) is 13.6 Å². The number of esters is 1. The molecule has 14 heavy (non-hydrogen) atoms. The van der Waals surface area contributed by atoms with Crippen LogP contribution in [0.3, 0.4) is 0 Å². The molecule has 1 rings (SSSR count). The molecule has 1 heterocycles. The zero-order valence-electron chi connectivity index (χ0n) is 7.37. The number of alkyl halides is 2. The number of carbonyl (C=O) groups excluding carboxylic acids is 1. The highest BCUT2D eigenvalue weighted by Gasteiger charge is 2.43. The maximum Gasteiger partial charge on any atom is 0.410 e. The third-order valence-electron chi connectivity index (χ3n) is 1.79. The maximum atomic E-state index is 12.6. The number of carbonyl (C=O) groups is 2. The highest BCUT2D eigenvalue weighted by atomic mass is 19.3. The molecule has 80 valence electrons. The molecule has 0 spiro atoms. The first-order valence-electron chi connectivity index (χ1n) is 3.85. The Morgan fingerprint density at radius 2 is 2.36 bits per heavy atom. The van der Waals surface area contributed by atoms with Gasteiger partial charge in [0.1, 0.15) is 6.04 Å². The second-order valence-electron chi connectivity index (χ2n) is 3.13. The molecular weight excluding hydrogens is 200 g/mol. The first-order chi connectivity index (χ1) is 6.31. The molecule has 1 aliphatic heterocycles. The van der Waals surface area contributed by atoms with Crippen molar-refractivity contribution >= 4 is 12.1 Å². The van der Waals surface area contributed by atoms with Gasteiger partial charge >= 0.3 is 12.1 Å². The molecule has 1 saturated heterocycles. The number of hydrogen-bond donors (Lipinski definition) is 1. The second-order valence-corrected chi connectivity index (χ2v) is 3.13. The number of hydrogen-bond acceptors (Lipinski definition) is 3. The van der Waals surface area contributed by atoms with E-state index in [0.717, 1.165) is 0 Å². The number of rotatable bonds is 2. The lowest BCUT2D eigenvalue weighted by Crippen LogP contribution is -2.40. The van der Waals surface area contributed by atoms with E-state index >= 15 is 0 Å². The number of halogens is 2. The van der Waals surface area contributed by atoms with Gasteiger partial charge in [0.2, 0.25) is 5.92 Å². The van der Waals surface area contributed by atoms with Crippen molar-refractivity contribution in [1.29, 1.82) is 0 Å². The summed E-state index contributed by atoms with van der Waals surface area (Å²) in [4.78, 5) is 22.0. The van der Waals surface area contributed by atoms with Gasteiger partial charge in [-0.15, -0.1) is 0 Å². The van der Waals surface area contributed by atoms with E-state index in [1.54, 1.807) is 0 Å². The fourth-order valence-corrected chi connectivity index (χ4v) is 1.17. The number of cyclic esters (lactones) is 1. The van der Waals surface area contributed by atoms with Crippen molar-refractivity contribution in [3.8, 4) is 0 Å². The van der Waals surface area contributed by atoms with Gasteiger partial charge in [-0.25, -0.2) is 18.4 Å². The van der Waals surface area contributed by atoms with Crippen LogP contribution < -0.4 is 0 Å². The summed E-state index contributed by atoms with van der Waals surface area (Å²) in [5.41, 5.74) is 0. The summed E-state index contributed by atoms with van der Waals surface area (Å²) >= 11 is 0. The predicted molar refractivity (Wildman–Crippen MR) is 39.8 cm³/mol. The SMILES string of the molecule is CC(F)(F)C[C@H]1C(=O)OCN1C(=O)O. The largest absolute Gasteiger partial charge is 0.465 e. The summed E-state index contributed by atoms with van der Waals surface area (Å²) in [7, 11) is 0. The van der Waals surface area contributed by atoms with Crippen LogP contribution in [0.15, 0.2) is 0 Å². The third kappa shape index (κ3) is 2.30. The van der Waals surface area contributed by atoms with E-state index in [1.165, 1.54) is 0 Å². The van der Waals surface area contributed by atoms with E-state index in [0.29, 0.717) is 11.8 Å². The van der Waals surface area contributed by atoms with Gasteiger partial charge in [0.15, 0.2) is 6.73 Å². The molecule has 0 aromatic carbocycles. The number of amides is 1. The molecule has 1 atom stereocenters. The lowest BCUT2D eigenvalue weighted by molar-refractivity contribution is -0.140. The highest BCUT2D eigenvalue weighted by molar-refractivity contribution is 5.83. The molecule has 0 aromatic rings. The molecule has 0 aromatic heterocycles. The second kappa shape index (κ2) is 3.39. The van der Waals surface area contributed by atoms with Crippen molar-refractivity contribution in [3.05, 3.63) is 0 Å². The smallest absolute Gasteiger partial charge is 0.410 e. The Balaban J connectivity index is 2.72. The topological polar surface area (TPSA) is 66.8 Å². The molecular formula is C7H9F2NO4. The number of carboxylic acid groups (broad SMARTS) is 1. The van der Waals surface area contributed by atoms with Gasteiger partial charge in [0, 0.05) is 6.42 Å². The van der Waals surface area contributed by atoms with E-state index in [9.17, 15) is 18.4 Å². The quantitative estimate of drug-likeness (QED) is 0.686. The Morgan fingerprint density at radius 3 is 2.79 bits per heavy atom. The molecule has 7 heteroatoms. The normalized spacial score (nSPS) is 22.4. The van der Waals surface area contributed by atoms with Crippen LogP contribution in [-0.4, -0.2) is 40.8 Å². The van der Waals surface area contributed by atoms with Crippen LogP contribution in [0.1, 0.15) is 13.3 Å². The van der Waals surface area contributed by atoms with Crippen molar-refractivity contribution in [3.63, 3.8) is 0 Å². The average molecular weight is 209 g/mol. The Kier molecular flexibility index (Phi) is 2.59. The average Bonchev–Trinajstić information content (AvgIpc) is 2.29. The standard InChI is InChI=1S/C7H9F2NO4/c1-7(8,9)2-4-5(11)14-3-10(4)6(12)13/h4H,2-3H2,1H3,(H,12,13)/t4-/m0/s1. The molecule has 0 radical (unpaired) electrons. The van der Waals surface area contributed by atoms with Crippen molar-refractivity contribution < 1.29 is 28.2 Å². The van der Waals surface area contributed by atoms with Crippen molar-refractivity contribution in [2.75, 3.05) is 6.73 Å². The molecule has 1 aliphatic rings. The van der Waals surface area contributed by atoms with Gasteiger partial charge in [0.25, 0.3) is 0 Å². The molecule has 0 saturated carbocycles. The first-order valence-corrected chi connectivity index (χ1v) is 3.85. The zero-order valence-corrected chi connectivity index (χ0v) is 7.37. The van der Waals surface area contributed by atoms with Gasteiger partial charge in [-0.1, -0.05) is 0 Å². The molecule has 0 bridgehead atoms. The van der Waals surface area contributed by atoms with Crippen LogP contribution in [0.2, 0.25) is 0 Å². The lowest BCUT2D eigenvalue weighted by Gasteiger charge is -2.19. The Bertz CT molecular complexity index is 263. The summed E-state index contributed by atoms with van der Waals surface area (Å²) in [6.45, 7) is 0.146. The van der Waals surface area contributed by atoms with Crippen molar-refractivity contribution in [2.45, 2.75) is 25.3 Å². The summed E-state index contributed by atoms with van der Waals surface area (Å²) in [6, 6.07) is -1.40. The predicted octanol–water partition coefficient (Wildman–Crippen LogP) is 0.895. The lowest BCUT2D eigenvalue weighted by atomic mass is 10.1. The fourth-order valence-electron chi connectivity index (χ4n) is 1.17. The van der Waals surface area contributed by atoms with Crippen LogP contribution in [-0.2, 0) is 9.53 Å². The van der Waals surface area contributed by atoms with Crippen LogP contribution in [0.5, 0.6) is 0 Å². The Labute approximate surface area is 78.2 Å². The number of nitrogens with zero attached hydrogens (tertiary/aromatic N) is 1. The van der Waals surface area contributed by atoms with Gasteiger partial charge in [-0.05, 0) is 6.92 Å². The minimum Gasteiger partial charge on any atom is -0.465 e. The third-order valence-corrected chi connectivity index (χ3v) is 1.79. The molecule has 1 fully saturated rings. The van der Waals surface area contributed by atoms with Crippen LogP contribution in [0, 0.1) is 0 Å². The summed E-state index contributed by atoms with van der Waals surface area (Å²) in [5, 5.41) is 8.55. The van der Waals surface area contributed by atoms with E-state index in [-0.39, 0.29) is 0 Å². The van der Waals surface area contributed by atoms with Crippen molar-refractivity contribution in [1.82, 2.24) is 4.90 Å². The van der Waals surface area contributed by atoms with Crippen LogP contribution in [0.25, 0.3) is 0 Å².